The Morgan fingerprint density at radius 3 is 2.46 bits per heavy atom. The summed E-state index contributed by atoms with van der Waals surface area (Å²) in [5.41, 5.74) is 1.80. The van der Waals surface area contributed by atoms with Crippen LogP contribution in [0.25, 0.3) is 22.2 Å². The lowest BCUT2D eigenvalue weighted by atomic mass is 10.0. The van der Waals surface area contributed by atoms with E-state index in [0.717, 1.165) is 16.5 Å². The van der Waals surface area contributed by atoms with Gasteiger partial charge in [-0.15, -0.1) is 6.58 Å². The lowest BCUT2D eigenvalue weighted by Crippen LogP contribution is -2.63. The van der Waals surface area contributed by atoms with Crippen LogP contribution in [0, 0.1) is 5.92 Å². The number of hydrogen-bond donors (Lipinski definition) is 3. The number of sulfonamides is 1. The number of aromatic nitrogens is 1. The van der Waals surface area contributed by atoms with Gasteiger partial charge in [-0.3, -0.25) is 28.8 Å². The fraction of sp³-hybridized carbons (Fsp3) is 0.405. The summed E-state index contributed by atoms with van der Waals surface area (Å²) in [4.78, 5) is 77.0. The highest BCUT2D eigenvalue weighted by Gasteiger charge is 2.62. The minimum absolute atomic E-state index is 0.0689. The Kier molecular flexibility index (Phi) is 10.8. The molecule has 1 aromatic heterocycles. The number of fused-ring (bicyclic) bond motifs is 1. The van der Waals surface area contributed by atoms with Crippen LogP contribution in [0.5, 0.6) is 11.5 Å². The number of nitrogens with zero attached hydrogens (tertiary/aromatic N) is 4. The highest BCUT2D eigenvalue weighted by molar-refractivity contribution is 7.91. The zero-order valence-electron chi connectivity index (χ0n) is 33.1. The summed E-state index contributed by atoms with van der Waals surface area (Å²) < 4.78 is 39.9. The minimum Gasteiger partial charge on any atom is -0.497 e. The van der Waals surface area contributed by atoms with E-state index in [4.69, 9.17) is 14.5 Å². The number of ether oxygens (including phenoxy) is 2. The molecule has 17 heteroatoms. The molecule has 2 aromatic carbocycles. The van der Waals surface area contributed by atoms with E-state index in [9.17, 15) is 37.5 Å². The Morgan fingerprint density at radius 2 is 1.86 bits per heavy atom. The van der Waals surface area contributed by atoms with Gasteiger partial charge in [0.1, 0.15) is 35.2 Å². The maximum Gasteiger partial charge on any atom is 0.408 e. The van der Waals surface area contributed by atoms with E-state index < -0.39 is 80.2 Å². The van der Waals surface area contributed by atoms with Gasteiger partial charge in [-0.1, -0.05) is 42.1 Å². The number of rotatable bonds is 14. The molecule has 2 saturated carbocycles. The van der Waals surface area contributed by atoms with Crippen LogP contribution in [0.1, 0.15) is 46.5 Å². The van der Waals surface area contributed by atoms with E-state index in [1.54, 1.807) is 52.1 Å². The number of carbonyl (C=O) groups is 5. The highest BCUT2D eigenvalue weighted by Crippen LogP contribution is 2.46. The fourth-order valence-corrected chi connectivity index (χ4v) is 9.12. The second-order valence-electron chi connectivity index (χ2n) is 16.2. The van der Waals surface area contributed by atoms with Crippen molar-refractivity contribution in [3.63, 3.8) is 0 Å². The standard InChI is InChI=1S/C42H46N6O10S/c1-6-26-22-42(26,39(52)45-59(55,56)29-15-16-29)44-37(50)33-20-28(23-47(33)38(51)34(24-46-18-10-13-36(46)49)48(40(53)54)41(2,3)4)58-35-21-31(25-11-8-7-9-12-25)43-32-19-27(57-5)14-17-30(32)35/h6-9,11-14,17-19,21,26,28-29,33-34H,1,15-16,20,22-24H2,2-5H3,(H,44,50)(H,45,52)(H,53,54)/t26-,28-,33+,34+,42-/m1/s1. The van der Waals surface area contributed by atoms with Gasteiger partial charge >= 0.3 is 6.09 Å². The van der Waals surface area contributed by atoms with Gasteiger partial charge in [0, 0.05) is 53.2 Å². The SMILES string of the molecule is C=C[C@@H]1C[C@]1(NC(=O)[C@@H]1C[C@@H](Oc2cc(-c3ccccc3)nc3cc(OC)ccc23)CN1C(=O)[C@H](CN1C=C=CC1=O)N(C(=O)O)C(C)(C)C)C(=O)NS(=O)(=O)C1CC1. The summed E-state index contributed by atoms with van der Waals surface area (Å²) in [6.45, 7) is 8.00. The zero-order chi connectivity index (χ0) is 42.4. The number of likely N-dealkylation sites (tertiary alicyclic amines) is 1. The third kappa shape index (κ3) is 8.25. The lowest BCUT2D eigenvalue weighted by molar-refractivity contribution is -0.145. The van der Waals surface area contributed by atoms with E-state index in [1.807, 2.05) is 30.3 Å². The molecule has 4 aliphatic rings. The van der Waals surface area contributed by atoms with Crippen LogP contribution in [0.2, 0.25) is 0 Å². The first-order chi connectivity index (χ1) is 27.9. The number of nitrogens with one attached hydrogen (secondary N) is 2. The second kappa shape index (κ2) is 15.5. The number of hydrogen-bond acceptors (Lipinski definition) is 10. The third-order valence-electron chi connectivity index (χ3n) is 11.1. The van der Waals surface area contributed by atoms with Gasteiger partial charge in [0.25, 0.3) is 11.8 Å². The van der Waals surface area contributed by atoms with Crippen LogP contribution in [0.4, 0.5) is 4.79 Å². The molecule has 3 aromatic rings. The summed E-state index contributed by atoms with van der Waals surface area (Å²) >= 11 is 0. The first kappa shape index (κ1) is 41.0. The molecule has 16 nitrogen and oxygen atoms in total. The number of carboxylic acid groups (broad SMARTS) is 1. The van der Waals surface area contributed by atoms with Crippen LogP contribution < -0.4 is 19.5 Å². The number of carbonyl (C=O) groups excluding carboxylic acids is 4. The summed E-state index contributed by atoms with van der Waals surface area (Å²) in [6, 6.07) is 13.6. The van der Waals surface area contributed by atoms with E-state index in [-0.39, 0.29) is 25.9 Å². The van der Waals surface area contributed by atoms with Crippen molar-refractivity contribution >= 4 is 50.6 Å². The molecule has 0 spiro atoms. The van der Waals surface area contributed by atoms with Crippen molar-refractivity contribution in [1.82, 2.24) is 29.7 Å². The Bertz CT molecular complexity index is 2410. The first-order valence-corrected chi connectivity index (χ1v) is 20.8. The zero-order valence-corrected chi connectivity index (χ0v) is 33.9. The van der Waals surface area contributed by atoms with Gasteiger partial charge in [-0.2, -0.15) is 0 Å². The second-order valence-corrected chi connectivity index (χ2v) is 18.1. The molecule has 3 fully saturated rings. The van der Waals surface area contributed by atoms with Crippen molar-refractivity contribution in [3.8, 4) is 22.8 Å². The van der Waals surface area contributed by atoms with Crippen LogP contribution in [-0.4, -0.2) is 118 Å². The van der Waals surface area contributed by atoms with Crippen molar-refractivity contribution in [3.05, 3.63) is 85.3 Å². The predicted octanol–water partition coefficient (Wildman–Crippen LogP) is 3.59. The van der Waals surface area contributed by atoms with Crippen molar-refractivity contribution in [1.29, 1.82) is 0 Å². The van der Waals surface area contributed by atoms with Crippen molar-refractivity contribution in [2.45, 2.75) is 81.0 Å². The summed E-state index contributed by atoms with van der Waals surface area (Å²) in [5.74, 6) is -2.64. The molecule has 0 radical (unpaired) electrons. The van der Waals surface area contributed by atoms with Crippen LogP contribution in [0.3, 0.4) is 0 Å². The summed E-state index contributed by atoms with van der Waals surface area (Å²) in [6.07, 6.45) is 2.45. The first-order valence-electron chi connectivity index (χ1n) is 19.2. The average Bonchev–Trinajstić information content (AvgIpc) is 4.09. The van der Waals surface area contributed by atoms with E-state index in [2.05, 4.69) is 22.3 Å². The van der Waals surface area contributed by atoms with E-state index in [0.29, 0.717) is 40.9 Å². The van der Waals surface area contributed by atoms with Crippen LogP contribution >= 0.6 is 0 Å². The van der Waals surface area contributed by atoms with Gasteiger partial charge in [0.05, 0.1) is 36.7 Å². The maximum absolute atomic E-state index is 15.0. The molecule has 3 heterocycles. The minimum atomic E-state index is -3.98. The van der Waals surface area contributed by atoms with E-state index in [1.165, 1.54) is 22.1 Å². The molecule has 0 bridgehead atoms. The highest BCUT2D eigenvalue weighted by atomic mass is 32.2. The molecule has 59 heavy (non-hydrogen) atoms. The average molecular weight is 827 g/mol. The molecule has 2 aliphatic heterocycles. The molecule has 7 rings (SSSR count). The Balaban J connectivity index is 1.26. The molecule has 0 unspecified atom stereocenters. The van der Waals surface area contributed by atoms with Gasteiger partial charge in [0.2, 0.25) is 21.8 Å². The molecule has 2 aliphatic carbocycles. The van der Waals surface area contributed by atoms with Gasteiger partial charge in [-0.05, 0) is 52.2 Å². The smallest absolute Gasteiger partial charge is 0.408 e. The topological polar surface area (TPSA) is 205 Å². The van der Waals surface area contributed by atoms with Gasteiger partial charge < -0.3 is 29.7 Å². The fourth-order valence-electron chi connectivity index (χ4n) is 7.75. The largest absolute Gasteiger partial charge is 0.497 e. The summed E-state index contributed by atoms with van der Waals surface area (Å²) in [5, 5.41) is 13.2. The molecular formula is C42H46N6O10S. The van der Waals surface area contributed by atoms with Gasteiger partial charge in [0.15, 0.2) is 0 Å². The van der Waals surface area contributed by atoms with Crippen molar-refractivity contribution in [2.24, 2.45) is 5.92 Å². The van der Waals surface area contributed by atoms with Crippen LogP contribution in [-0.2, 0) is 29.2 Å². The molecule has 1 saturated heterocycles. The molecule has 310 valence electrons. The van der Waals surface area contributed by atoms with Gasteiger partial charge in [-0.25, -0.2) is 18.2 Å². The lowest BCUT2D eigenvalue weighted by Gasteiger charge is -2.41. The summed E-state index contributed by atoms with van der Waals surface area (Å²) in [7, 11) is -2.44. The monoisotopic (exact) mass is 826 g/mol. The third-order valence-corrected chi connectivity index (χ3v) is 12.9. The Labute approximate surface area is 341 Å². The van der Waals surface area contributed by atoms with Crippen molar-refractivity contribution < 1.29 is 47.0 Å². The normalized spacial score (nSPS) is 22.8. The molecule has 3 N–H and O–H groups in total. The van der Waals surface area contributed by atoms with E-state index >= 15 is 0 Å². The number of methoxy groups -OCH3 is 1. The number of amides is 5. The predicted molar refractivity (Wildman–Crippen MR) is 215 cm³/mol. The Morgan fingerprint density at radius 1 is 1.14 bits per heavy atom. The van der Waals surface area contributed by atoms with Crippen molar-refractivity contribution in [2.75, 3.05) is 20.2 Å². The van der Waals surface area contributed by atoms with Crippen LogP contribution in [0.15, 0.2) is 85.3 Å². The maximum atomic E-state index is 15.0. The quantitative estimate of drug-likeness (QED) is 0.158. The number of pyridine rings is 1. The molecule has 5 atom stereocenters. The Hall–Kier alpha value is -6.19. The molecule has 5 amide bonds. The molecular weight excluding hydrogens is 781 g/mol. The number of benzene rings is 2.